The number of nitrogens with one attached hydrogen (secondary N) is 1. The van der Waals surface area contributed by atoms with Crippen LogP contribution in [0.25, 0.3) is 33.1 Å². The van der Waals surface area contributed by atoms with Gasteiger partial charge in [-0.25, -0.2) is 4.98 Å². The molecule has 0 saturated heterocycles. The van der Waals surface area contributed by atoms with Crippen molar-refractivity contribution in [2.75, 3.05) is 20.3 Å². The van der Waals surface area contributed by atoms with Crippen LogP contribution in [0, 0.1) is 0 Å². The lowest BCUT2D eigenvalue weighted by molar-refractivity contribution is 0.101. The molecule has 0 amide bonds. The summed E-state index contributed by atoms with van der Waals surface area (Å²) >= 11 is 0. The largest absolute Gasteiger partial charge is 0.490 e. The second-order valence-electron chi connectivity index (χ2n) is 6.39. The van der Waals surface area contributed by atoms with Gasteiger partial charge < -0.3 is 14.0 Å². The highest BCUT2D eigenvalue weighted by Crippen LogP contribution is 2.39. The van der Waals surface area contributed by atoms with Crippen molar-refractivity contribution in [3.63, 3.8) is 0 Å². The molecule has 1 aromatic carbocycles. The Morgan fingerprint density at radius 1 is 1.26 bits per heavy atom. The first-order chi connectivity index (χ1) is 13.1. The zero-order valence-corrected chi connectivity index (χ0v) is 15.4. The molecule has 0 bridgehead atoms. The van der Waals surface area contributed by atoms with Gasteiger partial charge in [-0.05, 0) is 23.8 Å². The maximum atomic E-state index is 12.0. The van der Waals surface area contributed by atoms with Gasteiger partial charge in [-0.3, -0.25) is 9.89 Å². The summed E-state index contributed by atoms with van der Waals surface area (Å²) in [5.41, 5.74) is 3.89. The molecule has 0 fully saturated rings. The molecule has 0 saturated carbocycles. The number of carbonyl (C=O) groups excluding carboxylic acids is 1. The minimum atomic E-state index is -0.0930. The molecule has 4 rings (SSSR count). The molecule has 4 aromatic rings. The third-order valence-corrected chi connectivity index (χ3v) is 4.59. The lowest BCUT2D eigenvalue weighted by Crippen LogP contribution is -2.04. The van der Waals surface area contributed by atoms with Crippen LogP contribution in [0.15, 0.2) is 36.7 Å². The number of aromatic amines is 1. The number of aromatic nitrogens is 4. The number of Topliss-reactive ketones (excluding diaryl/α,β-unsaturated/α-hetero) is 1. The van der Waals surface area contributed by atoms with Crippen LogP contribution >= 0.6 is 0 Å². The molecule has 0 radical (unpaired) electrons. The summed E-state index contributed by atoms with van der Waals surface area (Å²) in [5.74, 6) is 0.683. The minimum absolute atomic E-state index is 0.0930. The van der Waals surface area contributed by atoms with Crippen molar-refractivity contribution >= 4 is 27.7 Å². The first-order valence-electron chi connectivity index (χ1n) is 8.65. The Morgan fingerprint density at radius 3 is 2.89 bits per heavy atom. The van der Waals surface area contributed by atoms with Crippen LogP contribution in [0.2, 0.25) is 0 Å². The van der Waals surface area contributed by atoms with E-state index in [1.54, 1.807) is 13.3 Å². The molecule has 7 heteroatoms. The number of carbonyl (C=O) groups is 1. The number of fused-ring (bicyclic) bond motifs is 2. The summed E-state index contributed by atoms with van der Waals surface area (Å²) in [6, 6.07) is 7.78. The van der Waals surface area contributed by atoms with E-state index in [-0.39, 0.29) is 5.78 Å². The number of aryl methyl sites for hydroxylation is 1. The SMILES string of the molecule is COCCOc1cccc2c1c(-c1cc(C(C)=O)nc3[nH]ncc13)cn2C. The molecule has 0 aliphatic heterocycles. The number of benzene rings is 1. The third kappa shape index (κ3) is 2.96. The molecule has 0 aliphatic rings. The molecule has 3 heterocycles. The van der Waals surface area contributed by atoms with Crippen LogP contribution in [0.4, 0.5) is 0 Å². The van der Waals surface area contributed by atoms with Gasteiger partial charge in [0.15, 0.2) is 11.4 Å². The molecule has 0 aliphatic carbocycles. The van der Waals surface area contributed by atoms with Gasteiger partial charge in [0.2, 0.25) is 0 Å². The van der Waals surface area contributed by atoms with Crippen LogP contribution < -0.4 is 4.74 Å². The molecular weight excluding hydrogens is 344 g/mol. The highest BCUT2D eigenvalue weighted by Gasteiger charge is 2.18. The Labute approximate surface area is 155 Å². The predicted octanol–water partition coefficient (Wildman–Crippen LogP) is 3.34. The zero-order chi connectivity index (χ0) is 19.0. The quantitative estimate of drug-likeness (QED) is 0.419. The highest BCUT2D eigenvalue weighted by molar-refractivity contribution is 6.08. The summed E-state index contributed by atoms with van der Waals surface area (Å²) < 4.78 is 13.1. The topological polar surface area (TPSA) is 82.0 Å². The first kappa shape index (κ1) is 17.2. The molecule has 27 heavy (non-hydrogen) atoms. The van der Waals surface area contributed by atoms with Crippen molar-refractivity contribution in [2.45, 2.75) is 6.92 Å². The normalized spacial score (nSPS) is 11.4. The molecule has 3 aromatic heterocycles. The van der Waals surface area contributed by atoms with Crippen LogP contribution in [0.1, 0.15) is 17.4 Å². The number of pyridine rings is 1. The molecule has 7 nitrogen and oxygen atoms in total. The van der Waals surface area contributed by atoms with E-state index in [0.717, 1.165) is 33.2 Å². The molecular formula is C20H20N4O3. The number of nitrogens with zero attached hydrogens (tertiary/aromatic N) is 3. The van der Waals surface area contributed by atoms with E-state index in [9.17, 15) is 4.79 Å². The smallest absolute Gasteiger partial charge is 0.178 e. The van der Waals surface area contributed by atoms with Gasteiger partial charge in [0, 0.05) is 43.6 Å². The van der Waals surface area contributed by atoms with Crippen LogP contribution in [0.3, 0.4) is 0 Å². The number of H-pyrrole nitrogens is 1. The summed E-state index contributed by atoms with van der Waals surface area (Å²) in [5, 5.41) is 8.82. The number of hydrogen-bond donors (Lipinski definition) is 1. The van der Waals surface area contributed by atoms with Crippen LogP contribution in [-0.4, -0.2) is 45.9 Å². The Bertz CT molecular complexity index is 1140. The second-order valence-corrected chi connectivity index (χ2v) is 6.39. The van der Waals surface area contributed by atoms with Crippen molar-refractivity contribution in [2.24, 2.45) is 7.05 Å². The Hall–Kier alpha value is -3.19. The van der Waals surface area contributed by atoms with E-state index >= 15 is 0 Å². The van der Waals surface area contributed by atoms with Gasteiger partial charge in [0.1, 0.15) is 18.1 Å². The van der Waals surface area contributed by atoms with E-state index in [2.05, 4.69) is 15.2 Å². The van der Waals surface area contributed by atoms with E-state index in [4.69, 9.17) is 9.47 Å². The Balaban J connectivity index is 1.98. The Morgan fingerprint density at radius 2 is 2.11 bits per heavy atom. The number of rotatable bonds is 6. The monoisotopic (exact) mass is 364 g/mol. The average molecular weight is 364 g/mol. The third-order valence-electron chi connectivity index (χ3n) is 4.59. The van der Waals surface area contributed by atoms with Crippen LogP contribution in [-0.2, 0) is 11.8 Å². The first-order valence-corrected chi connectivity index (χ1v) is 8.65. The molecule has 0 unspecified atom stereocenters. The van der Waals surface area contributed by atoms with Crippen LogP contribution in [0.5, 0.6) is 5.75 Å². The van der Waals surface area contributed by atoms with Crippen molar-refractivity contribution in [3.05, 3.63) is 42.4 Å². The number of ether oxygens (including phenoxy) is 2. The number of methoxy groups -OCH3 is 1. The average Bonchev–Trinajstić information content (AvgIpc) is 3.26. The van der Waals surface area contributed by atoms with Crippen molar-refractivity contribution in [1.82, 2.24) is 19.7 Å². The fourth-order valence-electron chi connectivity index (χ4n) is 3.30. The summed E-state index contributed by atoms with van der Waals surface area (Å²) in [4.78, 5) is 16.3. The van der Waals surface area contributed by atoms with Gasteiger partial charge >= 0.3 is 0 Å². The van der Waals surface area contributed by atoms with Gasteiger partial charge in [0.05, 0.1) is 18.3 Å². The van der Waals surface area contributed by atoms with Gasteiger partial charge in [-0.2, -0.15) is 5.10 Å². The van der Waals surface area contributed by atoms with Gasteiger partial charge in [0.25, 0.3) is 0 Å². The van der Waals surface area contributed by atoms with E-state index in [1.165, 1.54) is 6.92 Å². The minimum Gasteiger partial charge on any atom is -0.490 e. The second kappa shape index (κ2) is 6.85. The number of ketones is 1. The lowest BCUT2D eigenvalue weighted by Gasteiger charge is -2.10. The molecule has 1 N–H and O–H groups in total. The number of hydrogen-bond acceptors (Lipinski definition) is 5. The maximum absolute atomic E-state index is 12.0. The fourth-order valence-corrected chi connectivity index (χ4v) is 3.30. The zero-order valence-electron chi connectivity index (χ0n) is 15.4. The van der Waals surface area contributed by atoms with Crippen molar-refractivity contribution < 1.29 is 14.3 Å². The van der Waals surface area contributed by atoms with Gasteiger partial charge in [-0.1, -0.05) is 6.07 Å². The summed E-state index contributed by atoms with van der Waals surface area (Å²) in [6.45, 7) is 2.48. The van der Waals surface area contributed by atoms with E-state index in [1.807, 2.05) is 42.1 Å². The van der Waals surface area contributed by atoms with E-state index in [0.29, 0.717) is 24.6 Å². The van der Waals surface area contributed by atoms with Crippen molar-refractivity contribution in [3.8, 4) is 16.9 Å². The maximum Gasteiger partial charge on any atom is 0.178 e. The Kier molecular flexibility index (Phi) is 4.37. The standard InChI is InChI=1S/C20H20N4O3/c1-12(25)16-9-13(14-10-21-23-20(14)22-16)15-11-24(2)17-5-4-6-18(19(15)17)27-8-7-26-3/h4-6,9-11H,7-8H2,1-3H3,(H,21,22,23). The molecule has 0 spiro atoms. The molecule has 0 atom stereocenters. The van der Waals surface area contributed by atoms with Gasteiger partial charge in [-0.15, -0.1) is 0 Å². The van der Waals surface area contributed by atoms with Crippen molar-refractivity contribution in [1.29, 1.82) is 0 Å². The van der Waals surface area contributed by atoms with E-state index < -0.39 is 0 Å². The summed E-state index contributed by atoms with van der Waals surface area (Å²) in [6.07, 6.45) is 3.77. The summed E-state index contributed by atoms with van der Waals surface area (Å²) in [7, 11) is 3.64. The predicted molar refractivity (Wildman–Crippen MR) is 103 cm³/mol. The highest BCUT2D eigenvalue weighted by atomic mass is 16.5. The molecule has 138 valence electrons. The fraction of sp³-hybridized carbons (Fsp3) is 0.250. The lowest BCUT2D eigenvalue weighted by atomic mass is 10.0.